The summed E-state index contributed by atoms with van der Waals surface area (Å²) in [6.45, 7) is 0. The minimum Gasteiger partial charge on any atom is -0.652 e. The van der Waals surface area contributed by atoms with Gasteiger partial charge in [0.25, 0.3) is 0 Å². The maximum Gasteiger partial charge on any atom is 2.00 e. The molecule has 0 amide bonds. The average Bonchev–Trinajstić information content (AvgIpc) is 1.41. The number of hydrogen-bond donors (Lipinski definition) is 0. The largest absolute Gasteiger partial charge is 2.00 e. The van der Waals surface area contributed by atoms with Gasteiger partial charge in [-0.05, 0) is 6.16 Å². The first-order valence-corrected chi connectivity index (χ1v) is 0.871. The van der Waals surface area contributed by atoms with Gasteiger partial charge in [0.05, 0.1) is 0 Å². The minimum atomic E-state index is -2.33. The fraction of sp³-hybridized carbons (Fsp3) is 0. The van der Waals surface area contributed by atoms with Gasteiger partial charge in [-0.3, -0.25) is 0 Å². The second kappa shape index (κ2) is 16.2. The van der Waals surface area contributed by atoms with Gasteiger partial charge >= 0.3 is 50.4 Å². The van der Waals surface area contributed by atoms with E-state index in [2.05, 4.69) is 7.49 Å². The summed E-state index contributed by atoms with van der Waals surface area (Å²) in [5, 5.41) is 23.2. The zero-order valence-electron chi connectivity index (χ0n) is 3.46. The maximum atomic E-state index is 8.33. The fourth-order valence-electron chi connectivity index (χ4n) is 0. The van der Waals surface area contributed by atoms with E-state index >= 15 is 0 Å². The molecule has 0 N–H and O–H groups in total. The molecule has 0 heterocycles. The smallest absolute Gasteiger partial charge is 0.652 e. The second-order valence-corrected chi connectivity index (χ2v) is 0.250. The summed E-state index contributed by atoms with van der Waals surface area (Å²) in [6, 6.07) is 0. The number of hydrogen-bond acceptors (Lipinski definition) is 4. The van der Waals surface area contributed by atoms with Gasteiger partial charge in [-0.15, -0.1) is 0 Å². The van der Waals surface area contributed by atoms with Crippen molar-refractivity contribution in [2.75, 3.05) is 0 Å². The van der Waals surface area contributed by atoms with Crippen LogP contribution in [0, 0.1) is 5.16 Å². The summed E-state index contributed by atoms with van der Waals surface area (Å²) in [7, 11) is 3.50. The van der Waals surface area contributed by atoms with E-state index in [1.807, 2.05) is 0 Å². The Hall–Kier alpha value is 0.305. The van der Waals surface area contributed by atoms with Crippen molar-refractivity contribution in [3.05, 3.63) is 0 Å². The van der Waals surface area contributed by atoms with Gasteiger partial charge in [0, 0.05) is 0 Å². The number of carbonyl (C=O) groups is 1. The Labute approximate surface area is 71.1 Å². The number of nitrogens with zero attached hydrogens (tertiary/aromatic N) is 1. The molecule has 0 spiro atoms. The van der Waals surface area contributed by atoms with Crippen molar-refractivity contribution in [2.45, 2.75) is 0 Å². The van der Waals surface area contributed by atoms with Crippen LogP contribution < -0.4 is 10.2 Å². The van der Waals surface area contributed by atoms with Gasteiger partial charge in [0.1, 0.15) is 0 Å². The van der Waals surface area contributed by atoms with Crippen molar-refractivity contribution >= 4 is 51.4 Å². The summed E-state index contributed by atoms with van der Waals surface area (Å²) in [6.07, 6.45) is -2.33. The normalized spacial score (nSPS) is 4.14. The van der Waals surface area contributed by atoms with Gasteiger partial charge in [-0.1, -0.05) is 0 Å². The molecule has 0 atom stereocenters. The van der Waals surface area contributed by atoms with Crippen molar-refractivity contribution in [3.63, 3.8) is 0 Å². The van der Waals surface area contributed by atoms with Crippen LogP contribution in [0.5, 0.6) is 0 Å². The average molecular weight is 125 g/mol. The molecular formula is CBCaNO3. The number of rotatable bonds is 0. The quantitative estimate of drug-likeness (QED) is 0.319. The predicted molar refractivity (Wildman–Crippen MR) is 18.6 cm³/mol. The Morgan fingerprint density at radius 3 is 1.43 bits per heavy atom. The molecule has 0 aliphatic heterocycles. The van der Waals surface area contributed by atoms with Crippen LogP contribution in [0.15, 0.2) is 0 Å². The van der Waals surface area contributed by atoms with Crippen LogP contribution in [-0.4, -0.2) is 51.4 Å². The molecular weight excluding hydrogens is 125 g/mol. The molecule has 0 aromatic rings. The molecule has 0 aliphatic rings. The summed E-state index contributed by atoms with van der Waals surface area (Å²) < 4.78 is 0. The Bertz CT molecular complexity index is 59.2. The summed E-state index contributed by atoms with van der Waals surface area (Å²) in [5.74, 6) is 0. The Morgan fingerprint density at radius 1 is 1.43 bits per heavy atom. The van der Waals surface area contributed by atoms with Gasteiger partial charge < -0.3 is 15.0 Å². The Morgan fingerprint density at radius 2 is 1.43 bits per heavy atom. The van der Waals surface area contributed by atoms with Crippen LogP contribution in [0.4, 0.5) is 4.79 Å². The molecule has 0 aliphatic carbocycles. The molecule has 0 saturated carbocycles. The first kappa shape index (κ1) is 15.7. The predicted octanol–water partition coefficient (Wildman–Crippen LogP) is -3.19. The molecule has 0 unspecified atom stereocenters. The zero-order valence-corrected chi connectivity index (χ0v) is 5.66. The van der Waals surface area contributed by atoms with E-state index < -0.39 is 6.16 Å². The van der Waals surface area contributed by atoms with Crippen LogP contribution in [-0.2, 0) is 0 Å². The van der Waals surface area contributed by atoms with Gasteiger partial charge in [0.2, 0.25) is 0 Å². The molecule has 0 aromatic heterocycles. The second-order valence-electron chi connectivity index (χ2n) is 0.250. The third-order valence-electron chi connectivity index (χ3n) is 0. The third-order valence-corrected chi connectivity index (χ3v) is 0. The van der Waals surface area contributed by atoms with Crippen LogP contribution >= 0.6 is 0 Å². The summed E-state index contributed by atoms with van der Waals surface area (Å²) >= 11 is 0. The Balaban J connectivity index is -0.0000000480. The van der Waals surface area contributed by atoms with Gasteiger partial charge in [-0.2, -0.15) is 0 Å². The van der Waals surface area contributed by atoms with Crippen LogP contribution in [0.3, 0.4) is 0 Å². The van der Waals surface area contributed by atoms with Crippen molar-refractivity contribution < 1.29 is 15.0 Å². The summed E-state index contributed by atoms with van der Waals surface area (Å²) in [4.78, 5) is 8.33. The number of carboxylic acid groups (broad SMARTS) is 2. The topological polar surface area (TPSA) is 87.0 Å². The molecule has 4 nitrogen and oxygen atoms in total. The summed E-state index contributed by atoms with van der Waals surface area (Å²) in [5.41, 5.74) is 0. The number of carbonyl (C=O) groups excluding carboxylic acids is 1. The minimum absolute atomic E-state index is 0. The van der Waals surface area contributed by atoms with E-state index in [1.54, 1.807) is 0 Å². The van der Waals surface area contributed by atoms with Crippen molar-refractivity contribution in [1.82, 2.24) is 0 Å². The molecule has 0 rings (SSSR count). The monoisotopic (exact) mass is 125 g/mol. The fourth-order valence-corrected chi connectivity index (χ4v) is 0. The molecule has 7 heavy (non-hydrogen) atoms. The van der Waals surface area contributed by atoms with E-state index in [0.29, 0.717) is 0 Å². The van der Waals surface area contributed by atoms with Crippen LogP contribution in [0.1, 0.15) is 0 Å². The van der Waals surface area contributed by atoms with E-state index in [0.717, 1.165) is 0 Å². The molecule has 6 heteroatoms. The van der Waals surface area contributed by atoms with Gasteiger partial charge in [-0.25, -0.2) is 0 Å². The zero-order chi connectivity index (χ0) is 5.58. The van der Waals surface area contributed by atoms with E-state index in [1.165, 1.54) is 0 Å². The third kappa shape index (κ3) is 1260. The van der Waals surface area contributed by atoms with Gasteiger partial charge in [0.15, 0.2) is 0 Å². The molecule has 0 radical (unpaired) electrons. The molecule has 0 saturated heterocycles. The maximum absolute atomic E-state index is 8.33. The van der Waals surface area contributed by atoms with Crippen molar-refractivity contribution in [1.29, 1.82) is 5.16 Å². The standard InChI is InChI=1S/CH2O3.BN.Ca/c2-1(3)4;1-2;/h(H2,2,3,4);;/q;;+2/p-2. The van der Waals surface area contributed by atoms with Crippen LogP contribution in [0.25, 0.3) is 0 Å². The SMILES string of the molecule is B#N.O=C([O-])[O-].[Ca+2]. The molecule has 32 valence electrons. The van der Waals surface area contributed by atoms with Crippen molar-refractivity contribution in [3.8, 4) is 0 Å². The molecule has 0 aromatic carbocycles. The van der Waals surface area contributed by atoms with Crippen molar-refractivity contribution in [2.24, 2.45) is 0 Å². The van der Waals surface area contributed by atoms with Crippen LogP contribution in [0.2, 0.25) is 0 Å². The molecule has 0 fully saturated rings. The Kier molecular flexibility index (Phi) is 36.4. The van der Waals surface area contributed by atoms with E-state index in [-0.39, 0.29) is 37.7 Å². The van der Waals surface area contributed by atoms with E-state index in [4.69, 9.17) is 20.2 Å². The first-order chi connectivity index (χ1) is 2.73. The van der Waals surface area contributed by atoms with E-state index in [9.17, 15) is 0 Å². The first-order valence-electron chi connectivity index (χ1n) is 0.871. The molecule has 0 bridgehead atoms.